The van der Waals surface area contributed by atoms with Gasteiger partial charge in [0.1, 0.15) is 5.82 Å². The number of pyridine rings is 1. The Labute approximate surface area is 121 Å². The van der Waals surface area contributed by atoms with Crippen LogP contribution >= 0.6 is 0 Å². The molecule has 0 saturated carbocycles. The van der Waals surface area contributed by atoms with E-state index in [2.05, 4.69) is 15.2 Å². The Kier molecular flexibility index (Phi) is 3.43. The first-order chi connectivity index (χ1) is 10.1. The molecule has 1 amide bonds. The minimum Gasteiger partial charge on any atom is -0.465 e. The fourth-order valence-corrected chi connectivity index (χ4v) is 2.33. The van der Waals surface area contributed by atoms with Crippen LogP contribution in [0.4, 0.5) is 10.6 Å². The number of piperazine rings is 1. The van der Waals surface area contributed by atoms with Gasteiger partial charge in [-0.25, -0.2) is 9.78 Å². The quantitative estimate of drug-likeness (QED) is 0.888. The molecule has 1 saturated heterocycles. The van der Waals surface area contributed by atoms with Crippen LogP contribution in [0.25, 0.3) is 11.5 Å². The van der Waals surface area contributed by atoms with E-state index in [0.29, 0.717) is 38.0 Å². The molecule has 2 aromatic rings. The highest BCUT2D eigenvalue weighted by Crippen LogP contribution is 2.28. The number of hydrogen-bond acceptors (Lipinski definition) is 6. The standard InChI is InChI=1S/C13H15N5O3/c1-9-15-16-12(21-9)10-3-2-4-14-11(10)17-5-7-18(8-6-17)13(19)20/h2-4H,5-8H2,1H3,(H,19,20). The molecular formula is C13H15N5O3. The van der Waals surface area contributed by atoms with Crippen molar-refractivity contribution in [2.75, 3.05) is 31.1 Å². The molecule has 0 spiro atoms. The summed E-state index contributed by atoms with van der Waals surface area (Å²) >= 11 is 0. The van der Waals surface area contributed by atoms with Gasteiger partial charge in [0.05, 0.1) is 5.56 Å². The lowest BCUT2D eigenvalue weighted by Gasteiger charge is -2.34. The van der Waals surface area contributed by atoms with Crippen molar-refractivity contribution < 1.29 is 14.3 Å². The van der Waals surface area contributed by atoms with E-state index in [1.807, 2.05) is 17.0 Å². The van der Waals surface area contributed by atoms with E-state index in [9.17, 15) is 4.79 Å². The number of nitrogens with zero attached hydrogens (tertiary/aromatic N) is 5. The zero-order valence-corrected chi connectivity index (χ0v) is 11.6. The normalized spacial score (nSPS) is 15.3. The molecule has 1 aliphatic heterocycles. The maximum Gasteiger partial charge on any atom is 0.407 e. The number of hydrogen-bond donors (Lipinski definition) is 1. The topological polar surface area (TPSA) is 95.6 Å². The number of rotatable bonds is 2. The summed E-state index contributed by atoms with van der Waals surface area (Å²) in [6.07, 6.45) is 0.814. The third kappa shape index (κ3) is 2.64. The predicted octanol–water partition coefficient (Wildman–Crippen LogP) is 1.24. The van der Waals surface area contributed by atoms with Crippen molar-refractivity contribution in [3.63, 3.8) is 0 Å². The van der Waals surface area contributed by atoms with Crippen molar-refractivity contribution in [3.05, 3.63) is 24.2 Å². The van der Waals surface area contributed by atoms with Crippen LogP contribution in [-0.2, 0) is 0 Å². The van der Waals surface area contributed by atoms with E-state index >= 15 is 0 Å². The van der Waals surface area contributed by atoms with Crippen LogP contribution in [0.2, 0.25) is 0 Å². The first-order valence-electron chi connectivity index (χ1n) is 6.63. The summed E-state index contributed by atoms with van der Waals surface area (Å²) in [5.41, 5.74) is 0.766. The molecule has 0 unspecified atom stereocenters. The molecule has 0 aliphatic carbocycles. The average Bonchev–Trinajstić information content (AvgIpc) is 2.94. The largest absolute Gasteiger partial charge is 0.465 e. The third-order valence-electron chi connectivity index (χ3n) is 3.39. The van der Waals surface area contributed by atoms with E-state index in [0.717, 1.165) is 11.4 Å². The Balaban J connectivity index is 1.85. The average molecular weight is 289 g/mol. The van der Waals surface area contributed by atoms with Gasteiger partial charge in [-0.15, -0.1) is 10.2 Å². The number of carboxylic acid groups (broad SMARTS) is 1. The van der Waals surface area contributed by atoms with Gasteiger partial charge in [-0.3, -0.25) is 0 Å². The molecule has 8 nitrogen and oxygen atoms in total. The van der Waals surface area contributed by atoms with E-state index in [1.165, 1.54) is 4.90 Å². The second-order valence-electron chi connectivity index (χ2n) is 4.76. The summed E-state index contributed by atoms with van der Waals surface area (Å²) in [5.74, 6) is 1.66. The SMILES string of the molecule is Cc1nnc(-c2cccnc2N2CCN(C(=O)O)CC2)o1. The zero-order valence-electron chi connectivity index (χ0n) is 11.6. The van der Waals surface area contributed by atoms with Gasteiger partial charge in [0.25, 0.3) is 5.89 Å². The van der Waals surface area contributed by atoms with E-state index in [-0.39, 0.29) is 0 Å². The summed E-state index contributed by atoms with van der Waals surface area (Å²) in [6, 6.07) is 3.69. The van der Waals surface area contributed by atoms with E-state index in [1.54, 1.807) is 13.1 Å². The highest BCUT2D eigenvalue weighted by Gasteiger charge is 2.24. The van der Waals surface area contributed by atoms with Gasteiger partial charge in [0.15, 0.2) is 0 Å². The fourth-order valence-electron chi connectivity index (χ4n) is 2.33. The van der Waals surface area contributed by atoms with Gasteiger partial charge in [0.2, 0.25) is 5.89 Å². The molecule has 0 atom stereocenters. The van der Waals surface area contributed by atoms with Crippen LogP contribution in [0.15, 0.2) is 22.7 Å². The zero-order chi connectivity index (χ0) is 14.8. The molecule has 8 heteroatoms. The van der Waals surface area contributed by atoms with Crippen molar-refractivity contribution >= 4 is 11.9 Å². The van der Waals surface area contributed by atoms with Crippen LogP contribution < -0.4 is 4.90 Å². The molecule has 1 N–H and O–H groups in total. The van der Waals surface area contributed by atoms with Crippen molar-refractivity contribution in [1.29, 1.82) is 0 Å². The first-order valence-corrected chi connectivity index (χ1v) is 6.63. The van der Waals surface area contributed by atoms with Gasteiger partial charge in [-0.2, -0.15) is 0 Å². The maximum absolute atomic E-state index is 10.9. The van der Waals surface area contributed by atoms with Gasteiger partial charge in [0, 0.05) is 39.3 Å². The van der Waals surface area contributed by atoms with Crippen LogP contribution in [0.1, 0.15) is 5.89 Å². The minimum absolute atomic E-state index is 0.427. The predicted molar refractivity (Wildman–Crippen MR) is 74.1 cm³/mol. The summed E-state index contributed by atoms with van der Waals surface area (Å²) in [4.78, 5) is 18.8. The summed E-state index contributed by atoms with van der Waals surface area (Å²) in [6.45, 7) is 3.81. The number of aromatic nitrogens is 3. The van der Waals surface area contributed by atoms with Crippen LogP contribution in [0.5, 0.6) is 0 Å². The fraction of sp³-hybridized carbons (Fsp3) is 0.385. The lowest BCUT2D eigenvalue weighted by atomic mass is 10.2. The van der Waals surface area contributed by atoms with Crippen LogP contribution in [-0.4, -0.2) is 57.5 Å². The van der Waals surface area contributed by atoms with Gasteiger partial charge in [-0.1, -0.05) is 0 Å². The molecule has 21 heavy (non-hydrogen) atoms. The summed E-state index contributed by atoms with van der Waals surface area (Å²) in [7, 11) is 0. The second kappa shape index (κ2) is 5.39. The Bertz CT molecular complexity index is 649. The van der Waals surface area contributed by atoms with Gasteiger partial charge < -0.3 is 19.3 Å². The maximum atomic E-state index is 10.9. The Hall–Kier alpha value is -2.64. The monoisotopic (exact) mass is 289 g/mol. The van der Waals surface area contributed by atoms with Crippen molar-refractivity contribution in [3.8, 4) is 11.5 Å². The van der Waals surface area contributed by atoms with Crippen LogP contribution in [0.3, 0.4) is 0 Å². The van der Waals surface area contributed by atoms with Crippen LogP contribution in [0, 0.1) is 6.92 Å². The lowest BCUT2D eigenvalue weighted by Crippen LogP contribution is -2.48. The number of carbonyl (C=O) groups is 1. The molecule has 1 aliphatic rings. The molecule has 0 aromatic carbocycles. The molecule has 110 valence electrons. The minimum atomic E-state index is -0.886. The molecule has 0 bridgehead atoms. The Morgan fingerprint density at radius 1 is 1.29 bits per heavy atom. The summed E-state index contributed by atoms with van der Waals surface area (Å²) < 4.78 is 5.47. The van der Waals surface area contributed by atoms with E-state index in [4.69, 9.17) is 9.52 Å². The Morgan fingerprint density at radius 3 is 2.67 bits per heavy atom. The van der Waals surface area contributed by atoms with Crippen molar-refractivity contribution in [1.82, 2.24) is 20.1 Å². The highest BCUT2D eigenvalue weighted by molar-refractivity contribution is 5.70. The summed E-state index contributed by atoms with van der Waals surface area (Å²) in [5, 5.41) is 16.9. The first kappa shape index (κ1) is 13.3. The Morgan fingerprint density at radius 2 is 2.05 bits per heavy atom. The number of amides is 1. The van der Waals surface area contributed by atoms with Gasteiger partial charge >= 0.3 is 6.09 Å². The molecule has 3 heterocycles. The number of anilines is 1. The van der Waals surface area contributed by atoms with Crippen molar-refractivity contribution in [2.24, 2.45) is 0 Å². The smallest absolute Gasteiger partial charge is 0.407 e. The highest BCUT2D eigenvalue weighted by atomic mass is 16.4. The third-order valence-corrected chi connectivity index (χ3v) is 3.39. The second-order valence-corrected chi connectivity index (χ2v) is 4.76. The molecule has 1 fully saturated rings. The van der Waals surface area contributed by atoms with Gasteiger partial charge in [-0.05, 0) is 12.1 Å². The molecule has 2 aromatic heterocycles. The van der Waals surface area contributed by atoms with Crippen molar-refractivity contribution in [2.45, 2.75) is 6.92 Å². The molecular weight excluding hydrogens is 274 g/mol. The molecule has 0 radical (unpaired) electrons. The van der Waals surface area contributed by atoms with E-state index < -0.39 is 6.09 Å². The molecule has 3 rings (SSSR count). The lowest BCUT2D eigenvalue weighted by molar-refractivity contribution is 0.142. The number of aryl methyl sites for hydroxylation is 1.